The summed E-state index contributed by atoms with van der Waals surface area (Å²) in [6.45, 7) is 6.03. The van der Waals surface area contributed by atoms with Crippen molar-refractivity contribution in [1.82, 2.24) is 9.80 Å². The van der Waals surface area contributed by atoms with Crippen molar-refractivity contribution in [2.24, 2.45) is 0 Å². The quantitative estimate of drug-likeness (QED) is 0.742. The number of nitrogens with zero attached hydrogens (tertiary/aromatic N) is 2. The van der Waals surface area contributed by atoms with Crippen LogP contribution in [0.3, 0.4) is 0 Å². The van der Waals surface area contributed by atoms with Crippen LogP contribution in [0, 0.1) is 0 Å². The molecule has 5 nitrogen and oxygen atoms in total. The van der Waals surface area contributed by atoms with Crippen LogP contribution in [0.25, 0.3) is 0 Å². The Hall–Kier alpha value is -1.16. The van der Waals surface area contributed by atoms with E-state index in [4.69, 9.17) is 4.74 Å². The molecule has 1 atom stereocenters. The summed E-state index contributed by atoms with van der Waals surface area (Å²) >= 11 is 2.89. The number of amides is 1. The Labute approximate surface area is 159 Å². The third-order valence-corrected chi connectivity index (χ3v) is 5.05. The summed E-state index contributed by atoms with van der Waals surface area (Å²) in [4.78, 5) is 16.5. The minimum atomic E-state index is -4.48. The average molecular weight is 438 g/mol. The van der Waals surface area contributed by atoms with Gasteiger partial charge in [0, 0.05) is 49.5 Å². The minimum Gasteiger partial charge on any atom is -0.383 e. The number of piperazine rings is 1. The molecular formula is C17H23BrF3N3O2. The highest BCUT2D eigenvalue weighted by atomic mass is 79.9. The molecule has 1 aliphatic heterocycles. The second kappa shape index (κ2) is 9.16. The molecule has 0 bridgehead atoms. The summed E-state index contributed by atoms with van der Waals surface area (Å²) in [6, 6.07) is 3.99. The van der Waals surface area contributed by atoms with Crippen molar-refractivity contribution in [2.75, 3.05) is 51.8 Å². The van der Waals surface area contributed by atoms with E-state index < -0.39 is 11.7 Å². The summed E-state index contributed by atoms with van der Waals surface area (Å²) in [6.07, 6.45) is -4.48. The Morgan fingerprint density at radius 3 is 2.54 bits per heavy atom. The van der Waals surface area contributed by atoms with Crippen molar-refractivity contribution in [3.63, 3.8) is 0 Å². The van der Waals surface area contributed by atoms with E-state index in [1.807, 2.05) is 4.90 Å². The van der Waals surface area contributed by atoms with Crippen LogP contribution in [0.2, 0.25) is 0 Å². The molecule has 1 N–H and O–H groups in total. The lowest BCUT2D eigenvalue weighted by atomic mass is 10.2. The van der Waals surface area contributed by atoms with Crippen molar-refractivity contribution >= 4 is 27.5 Å². The average Bonchev–Trinajstić information content (AvgIpc) is 2.56. The third kappa shape index (κ3) is 5.94. The lowest BCUT2D eigenvalue weighted by molar-refractivity contribution is -0.138. The Balaban J connectivity index is 1.86. The molecule has 2 rings (SSSR count). The number of rotatable bonds is 6. The first-order chi connectivity index (χ1) is 12.2. The van der Waals surface area contributed by atoms with Crippen LogP contribution < -0.4 is 5.32 Å². The fraction of sp³-hybridized carbons (Fsp3) is 0.588. The van der Waals surface area contributed by atoms with Crippen LogP contribution in [0.15, 0.2) is 22.7 Å². The maximum Gasteiger partial charge on any atom is 0.417 e. The Morgan fingerprint density at radius 2 is 1.96 bits per heavy atom. The molecule has 0 aromatic heterocycles. The molecule has 1 heterocycles. The van der Waals surface area contributed by atoms with E-state index in [0.717, 1.165) is 32.2 Å². The fourth-order valence-corrected chi connectivity index (χ4v) is 3.40. The number of halogens is 4. The summed E-state index contributed by atoms with van der Waals surface area (Å²) in [5, 5.41) is 2.55. The van der Waals surface area contributed by atoms with Gasteiger partial charge >= 0.3 is 6.18 Å². The summed E-state index contributed by atoms with van der Waals surface area (Å²) in [7, 11) is 1.67. The van der Waals surface area contributed by atoms with Crippen LogP contribution in [-0.2, 0) is 15.7 Å². The molecule has 1 aliphatic rings. The summed E-state index contributed by atoms with van der Waals surface area (Å²) in [5.41, 5.74) is -0.672. The zero-order valence-electron chi connectivity index (χ0n) is 14.8. The molecular weight excluding hydrogens is 415 g/mol. The topological polar surface area (TPSA) is 44.8 Å². The lowest BCUT2D eigenvalue weighted by Crippen LogP contribution is -2.52. The maximum atomic E-state index is 12.9. The van der Waals surface area contributed by atoms with Gasteiger partial charge in [-0.1, -0.05) is 15.9 Å². The van der Waals surface area contributed by atoms with E-state index in [-0.39, 0.29) is 22.6 Å². The van der Waals surface area contributed by atoms with Crippen molar-refractivity contribution in [1.29, 1.82) is 0 Å². The number of nitrogens with one attached hydrogen (secondary N) is 1. The van der Waals surface area contributed by atoms with Gasteiger partial charge in [-0.05, 0) is 25.1 Å². The summed E-state index contributed by atoms with van der Waals surface area (Å²) < 4.78 is 43.9. The molecule has 0 saturated carbocycles. The summed E-state index contributed by atoms with van der Waals surface area (Å²) in [5.74, 6) is -0.321. The number of ether oxygens (including phenoxy) is 1. The van der Waals surface area contributed by atoms with Gasteiger partial charge in [-0.25, -0.2) is 0 Å². The molecule has 1 unspecified atom stereocenters. The Bertz CT molecular complexity index is 620. The molecule has 1 fully saturated rings. The highest BCUT2D eigenvalue weighted by Gasteiger charge is 2.33. The molecule has 0 spiro atoms. The minimum absolute atomic E-state index is 0.0516. The Kier molecular flexibility index (Phi) is 7.45. The number of benzene rings is 1. The number of carbonyl (C=O) groups is 1. The van der Waals surface area contributed by atoms with Crippen LogP contribution in [0.4, 0.5) is 18.9 Å². The number of carbonyl (C=O) groups excluding carboxylic acids is 1. The molecule has 146 valence electrons. The number of hydrogen-bond acceptors (Lipinski definition) is 4. The van der Waals surface area contributed by atoms with E-state index in [2.05, 4.69) is 33.1 Å². The molecule has 0 radical (unpaired) electrons. The molecule has 1 amide bonds. The first-order valence-electron chi connectivity index (χ1n) is 8.32. The molecule has 9 heteroatoms. The second-order valence-corrected chi connectivity index (χ2v) is 7.21. The molecule has 26 heavy (non-hydrogen) atoms. The van der Waals surface area contributed by atoms with Crippen molar-refractivity contribution in [2.45, 2.75) is 19.1 Å². The van der Waals surface area contributed by atoms with Crippen LogP contribution >= 0.6 is 15.9 Å². The van der Waals surface area contributed by atoms with Crippen molar-refractivity contribution < 1.29 is 22.7 Å². The van der Waals surface area contributed by atoms with Gasteiger partial charge in [0.2, 0.25) is 5.91 Å². The van der Waals surface area contributed by atoms with Crippen LogP contribution in [0.5, 0.6) is 0 Å². The van der Waals surface area contributed by atoms with Gasteiger partial charge in [-0.3, -0.25) is 14.6 Å². The van der Waals surface area contributed by atoms with E-state index >= 15 is 0 Å². The second-order valence-electron chi connectivity index (χ2n) is 6.36. The first kappa shape index (κ1) is 21.1. The van der Waals surface area contributed by atoms with Crippen molar-refractivity contribution in [3.8, 4) is 0 Å². The SMILES string of the molecule is COCC(C)N1CCN(CC(=O)Nc2ccc(Br)c(C(F)(F)F)c2)CC1. The van der Waals surface area contributed by atoms with Gasteiger partial charge in [0.1, 0.15) is 0 Å². The van der Waals surface area contributed by atoms with Gasteiger partial charge in [0.05, 0.1) is 18.7 Å². The largest absolute Gasteiger partial charge is 0.417 e. The fourth-order valence-electron chi connectivity index (χ4n) is 2.93. The number of anilines is 1. The molecule has 0 aliphatic carbocycles. The normalized spacial score (nSPS) is 17.9. The van der Waals surface area contributed by atoms with Gasteiger partial charge < -0.3 is 10.1 Å². The molecule has 1 aromatic rings. The van der Waals surface area contributed by atoms with Gasteiger partial charge in [0.25, 0.3) is 0 Å². The maximum absolute atomic E-state index is 12.9. The van der Waals surface area contributed by atoms with Crippen LogP contribution in [-0.4, -0.2) is 68.2 Å². The monoisotopic (exact) mass is 437 g/mol. The van der Waals surface area contributed by atoms with Gasteiger partial charge in [-0.2, -0.15) is 13.2 Å². The van der Waals surface area contributed by atoms with Gasteiger partial charge in [-0.15, -0.1) is 0 Å². The number of hydrogen-bond donors (Lipinski definition) is 1. The van der Waals surface area contributed by atoms with E-state index in [9.17, 15) is 18.0 Å². The molecule has 1 saturated heterocycles. The van der Waals surface area contributed by atoms with Gasteiger partial charge in [0.15, 0.2) is 0 Å². The standard InChI is InChI=1S/C17H23BrF3N3O2/c1-12(11-26-2)24-7-5-23(6-8-24)10-16(25)22-13-3-4-15(18)14(9-13)17(19,20)21/h3-4,9,12H,5-8,10-11H2,1-2H3,(H,22,25). The predicted molar refractivity (Wildman–Crippen MR) is 97.1 cm³/mol. The zero-order chi connectivity index (χ0) is 19.3. The Morgan fingerprint density at radius 1 is 1.31 bits per heavy atom. The number of methoxy groups -OCH3 is 1. The van der Waals surface area contributed by atoms with E-state index in [0.29, 0.717) is 12.6 Å². The highest BCUT2D eigenvalue weighted by molar-refractivity contribution is 9.10. The lowest BCUT2D eigenvalue weighted by Gasteiger charge is -2.37. The molecule has 1 aromatic carbocycles. The van der Waals surface area contributed by atoms with E-state index in [1.165, 1.54) is 12.1 Å². The van der Waals surface area contributed by atoms with Crippen LogP contribution in [0.1, 0.15) is 12.5 Å². The predicted octanol–water partition coefficient (Wildman–Crippen LogP) is 3.06. The van der Waals surface area contributed by atoms with Crippen molar-refractivity contribution in [3.05, 3.63) is 28.2 Å². The smallest absolute Gasteiger partial charge is 0.383 e. The number of alkyl halides is 3. The third-order valence-electron chi connectivity index (χ3n) is 4.36. The van der Waals surface area contributed by atoms with E-state index in [1.54, 1.807) is 7.11 Å². The zero-order valence-corrected chi connectivity index (χ0v) is 16.4. The first-order valence-corrected chi connectivity index (χ1v) is 9.12. The highest BCUT2D eigenvalue weighted by Crippen LogP contribution is 2.36.